The highest BCUT2D eigenvalue weighted by molar-refractivity contribution is 5.82. The van der Waals surface area contributed by atoms with Gasteiger partial charge in [0.15, 0.2) is 0 Å². The normalized spacial score (nSPS) is 8.07. The molecule has 1 amide bonds. The fourth-order valence-electron chi connectivity index (χ4n) is 0.846. The molecule has 0 spiro atoms. The minimum Gasteiger partial charge on any atom is -0.465 e. The van der Waals surface area contributed by atoms with E-state index in [4.69, 9.17) is 5.11 Å². The molecule has 14 heavy (non-hydrogen) atoms. The molecule has 76 valence electrons. The number of carboxylic acid groups (broad SMARTS) is 1. The highest BCUT2D eigenvalue weighted by Crippen LogP contribution is 2.08. The standard InChI is InChI=1S/C8H9NO2.C2H5N/c1-6-3-2-4-7(5-6)9-8(10)11;1-2-3/h2-5,9H,1H3,(H,10,11);2H,1,3H2. The number of anilines is 1. The van der Waals surface area contributed by atoms with E-state index in [0.717, 1.165) is 5.56 Å². The summed E-state index contributed by atoms with van der Waals surface area (Å²) in [7, 11) is 0. The van der Waals surface area contributed by atoms with Crippen molar-refractivity contribution >= 4 is 11.8 Å². The van der Waals surface area contributed by atoms with E-state index in [1.54, 1.807) is 18.2 Å². The van der Waals surface area contributed by atoms with Crippen molar-refractivity contribution in [3.05, 3.63) is 42.6 Å². The van der Waals surface area contributed by atoms with Gasteiger partial charge in [-0.2, -0.15) is 0 Å². The Hall–Kier alpha value is -1.97. The van der Waals surface area contributed by atoms with Crippen molar-refractivity contribution in [2.45, 2.75) is 6.92 Å². The third kappa shape index (κ3) is 5.65. The lowest BCUT2D eigenvalue weighted by Gasteiger charge is -1.99. The quantitative estimate of drug-likeness (QED) is 0.641. The summed E-state index contributed by atoms with van der Waals surface area (Å²) in [6, 6.07) is 7.20. The summed E-state index contributed by atoms with van der Waals surface area (Å²) in [6.45, 7) is 5.05. The largest absolute Gasteiger partial charge is 0.465 e. The molecule has 4 heteroatoms. The van der Waals surface area contributed by atoms with Crippen molar-refractivity contribution in [1.29, 1.82) is 0 Å². The van der Waals surface area contributed by atoms with Gasteiger partial charge in [0, 0.05) is 5.69 Å². The van der Waals surface area contributed by atoms with Gasteiger partial charge in [-0.05, 0) is 30.8 Å². The molecule has 0 saturated carbocycles. The Bertz CT molecular complexity index is 311. The number of hydrogen-bond donors (Lipinski definition) is 3. The van der Waals surface area contributed by atoms with E-state index in [-0.39, 0.29) is 0 Å². The molecule has 0 fully saturated rings. The molecule has 0 bridgehead atoms. The average molecular weight is 194 g/mol. The van der Waals surface area contributed by atoms with E-state index in [0.29, 0.717) is 5.69 Å². The molecule has 0 radical (unpaired) electrons. The molecule has 1 aromatic rings. The molecule has 4 nitrogen and oxygen atoms in total. The van der Waals surface area contributed by atoms with Crippen molar-refractivity contribution < 1.29 is 9.90 Å². The summed E-state index contributed by atoms with van der Waals surface area (Å²) in [4.78, 5) is 10.2. The van der Waals surface area contributed by atoms with Crippen LogP contribution in [0.3, 0.4) is 0 Å². The number of carbonyl (C=O) groups is 1. The van der Waals surface area contributed by atoms with Crippen LogP contribution in [-0.4, -0.2) is 11.2 Å². The van der Waals surface area contributed by atoms with Crippen LogP contribution in [0.1, 0.15) is 5.56 Å². The molecular weight excluding hydrogens is 180 g/mol. The first-order valence-corrected chi connectivity index (χ1v) is 3.99. The molecule has 0 saturated heterocycles. The molecule has 0 atom stereocenters. The Morgan fingerprint density at radius 3 is 2.64 bits per heavy atom. The maximum absolute atomic E-state index is 10.2. The second-order valence-electron chi connectivity index (χ2n) is 2.54. The first kappa shape index (κ1) is 12.0. The third-order valence-electron chi connectivity index (χ3n) is 1.27. The number of benzene rings is 1. The number of hydrogen-bond acceptors (Lipinski definition) is 2. The highest BCUT2D eigenvalue weighted by Gasteiger charge is 1.95. The zero-order chi connectivity index (χ0) is 11.0. The van der Waals surface area contributed by atoms with Crippen LogP contribution in [0.4, 0.5) is 10.5 Å². The molecule has 0 aromatic heterocycles. The molecule has 1 aromatic carbocycles. The number of aryl methyl sites for hydroxylation is 1. The minimum atomic E-state index is -1.03. The zero-order valence-electron chi connectivity index (χ0n) is 8.03. The van der Waals surface area contributed by atoms with Crippen LogP contribution in [0.5, 0.6) is 0 Å². The van der Waals surface area contributed by atoms with Gasteiger partial charge in [-0.25, -0.2) is 4.79 Å². The smallest absolute Gasteiger partial charge is 0.409 e. The van der Waals surface area contributed by atoms with E-state index in [1.807, 2.05) is 13.0 Å². The van der Waals surface area contributed by atoms with Gasteiger partial charge < -0.3 is 10.8 Å². The third-order valence-corrected chi connectivity index (χ3v) is 1.27. The molecule has 0 aliphatic carbocycles. The topological polar surface area (TPSA) is 75.3 Å². The van der Waals surface area contributed by atoms with Crippen LogP contribution in [0, 0.1) is 6.92 Å². The molecule has 0 aliphatic rings. The predicted molar refractivity (Wildman–Crippen MR) is 57.2 cm³/mol. The van der Waals surface area contributed by atoms with E-state index in [2.05, 4.69) is 17.6 Å². The molecule has 1 rings (SSSR count). The molecule has 0 heterocycles. The second-order valence-corrected chi connectivity index (χ2v) is 2.54. The van der Waals surface area contributed by atoms with Crippen molar-refractivity contribution in [2.24, 2.45) is 5.73 Å². The lowest BCUT2D eigenvalue weighted by atomic mass is 10.2. The van der Waals surface area contributed by atoms with Crippen molar-refractivity contribution in [2.75, 3.05) is 5.32 Å². The monoisotopic (exact) mass is 194 g/mol. The van der Waals surface area contributed by atoms with Crippen LogP contribution in [0.15, 0.2) is 37.0 Å². The van der Waals surface area contributed by atoms with Gasteiger partial charge in [0.2, 0.25) is 0 Å². The molecule has 4 N–H and O–H groups in total. The summed E-state index contributed by atoms with van der Waals surface area (Å²) in [5, 5.41) is 10.6. The zero-order valence-corrected chi connectivity index (χ0v) is 8.03. The summed E-state index contributed by atoms with van der Waals surface area (Å²) < 4.78 is 0. The molecular formula is C10H14N2O2. The van der Waals surface area contributed by atoms with Crippen LogP contribution in [0.2, 0.25) is 0 Å². The van der Waals surface area contributed by atoms with Gasteiger partial charge in [-0.15, -0.1) is 0 Å². The number of nitrogens with one attached hydrogen (secondary N) is 1. The van der Waals surface area contributed by atoms with E-state index >= 15 is 0 Å². The number of amides is 1. The summed E-state index contributed by atoms with van der Waals surface area (Å²) >= 11 is 0. The first-order chi connectivity index (χ1) is 6.60. The number of rotatable bonds is 1. The first-order valence-electron chi connectivity index (χ1n) is 3.99. The van der Waals surface area contributed by atoms with Gasteiger partial charge >= 0.3 is 6.09 Å². The van der Waals surface area contributed by atoms with Gasteiger partial charge in [0.25, 0.3) is 0 Å². The lowest BCUT2D eigenvalue weighted by molar-refractivity contribution is 0.210. The highest BCUT2D eigenvalue weighted by atomic mass is 16.4. The maximum atomic E-state index is 10.2. The fourth-order valence-corrected chi connectivity index (χ4v) is 0.846. The SMILES string of the molecule is C=CN.Cc1cccc(NC(=O)O)c1. The average Bonchev–Trinajstić information content (AvgIpc) is 2.03. The van der Waals surface area contributed by atoms with Crippen LogP contribution < -0.4 is 11.1 Å². The molecule has 0 aliphatic heterocycles. The Morgan fingerprint density at radius 1 is 1.64 bits per heavy atom. The Balaban J connectivity index is 0.000000500. The van der Waals surface area contributed by atoms with Gasteiger partial charge in [0.1, 0.15) is 0 Å². The molecule has 0 unspecified atom stereocenters. The fraction of sp³-hybridized carbons (Fsp3) is 0.100. The predicted octanol–water partition coefficient (Wildman–Crippen LogP) is 2.17. The summed E-state index contributed by atoms with van der Waals surface area (Å²) in [5.41, 5.74) is 6.26. The van der Waals surface area contributed by atoms with Crippen LogP contribution in [-0.2, 0) is 0 Å². The van der Waals surface area contributed by atoms with Crippen molar-refractivity contribution in [3.8, 4) is 0 Å². The lowest BCUT2D eigenvalue weighted by Crippen LogP contribution is -2.06. The van der Waals surface area contributed by atoms with E-state index in [1.165, 1.54) is 6.20 Å². The van der Waals surface area contributed by atoms with Crippen LogP contribution >= 0.6 is 0 Å². The number of nitrogens with two attached hydrogens (primary N) is 1. The minimum absolute atomic E-state index is 0.609. The second kappa shape index (κ2) is 6.54. The van der Waals surface area contributed by atoms with E-state index in [9.17, 15) is 4.79 Å². The van der Waals surface area contributed by atoms with Crippen LogP contribution in [0.25, 0.3) is 0 Å². The Labute approximate surface area is 83.1 Å². The maximum Gasteiger partial charge on any atom is 0.409 e. The Kier molecular flexibility index (Phi) is 5.62. The van der Waals surface area contributed by atoms with Crippen molar-refractivity contribution in [3.63, 3.8) is 0 Å². The van der Waals surface area contributed by atoms with E-state index < -0.39 is 6.09 Å². The van der Waals surface area contributed by atoms with Gasteiger partial charge in [-0.3, -0.25) is 5.32 Å². The summed E-state index contributed by atoms with van der Waals surface area (Å²) in [5.74, 6) is 0. The summed E-state index contributed by atoms with van der Waals surface area (Å²) in [6.07, 6.45) is 0.218. The van der Waals surface area contributed by atoms with Gasteiger partial charge in [-0.1, -0.05) is 18.7 Å². The Morgan fingerprint density at radius 2 is 2.21 bits per heavy atom. The van der Waals surface area contributed by atoms with Gasteiger partial charge in [0.05, 0.1) is 0 Å². The van der Waals surface area contributed by atoms with Crippen molar-refractivity contribution in [1.82, 2.24) is 0 Å².